The van der Waals surface area contributed by atoms with Crippen molar-refractivity contribution in [3.05, 3.63) is 0 Å². The first-order valence-corrected chi connectivity index (χ1v) is 12.4. The highest BCUT2D eigenvalue weighted by Gasteiger charge is 2.02. The maximum atomic E-state index is 11.7. The lowest BCUT2D eigenvalue weighted by Crippen LogP contribution is -2.05. The molecule has 0 aromatic rings. The number of unbranched alkanes of at least 4 members (excludes halogenated alkanes) is 18. The summed E-state index contributed by atoms with van der Waals surface area (Å²) < 4.78 is 5.34. The third-order valence-corrected chi connectivity index (χ3v) is 5.46. The van der Waals surface area contributed by atoms with Crippen molar-refractivity contribution in [3.63, 3.8) is 0 Å². The van der Waals surface area contributed by atoms with Gasteiger partial charge in [-0.15, -0.1) is 12.3 Å². The van der Waals surface area contributed by atoms with Gasteiger partial charge in [0.05, 0.1) is 6.61 Å². The molecule has 0 unspecified atom stereocenters. The van der Waals surface area contributed by atoms with Crippen LogP contribution in [0.2, 0.25) is 0 Å². The lowest BCUT2D eigenvalue weighted by molar-refractivity contribution is -0.143. The number of esters is 1. The van der Waals surface area contributed by atoms with Crippen LogP contribution in [-0.4, -0.2) is 12.6 Å². The van der Waals surface area contributed by atoms with Crippen molar-refractivity contribution in [1.29, 1.82) is 0 Å². The molecule has 0 aliphatic rings. The summed E-state index contributed by atoms with van der Waals surface area (Å²) in [5.74, 6) is 2.67. The molecule has 2 heteroatoms. The second kappa shape index (κ2) is 24.1. The number of rotatable bonds is 22. The first-order chi connectivity index (χ1) is 13.8. The predicted molar refractivity (Wildman–Crippen MR) is 122 cm³/mol. The third kappa shape index (κ3) is 23.1. The van der Waals surface area contributed by atoms with Crippen molar-refractivity contribution in [3.8, 4) is 12.3 Å². The lowest BCUT2D eigenvalue weighted by Gasteiger charge is -2.05. The molecule has 0 spiro atoms. The van der Waals surface area contributed by atoms with E-state index in [2.05, 4.69) is 12.8 Å². The summed E-state index contributed by atoms with van der Waals surface area (Å²) in [4.78, 5) is 11.7. The first kappa shape index (κ1) is 27.0. The molecule has 28 heavy (non-hydrogen) atoms. The largest absolute Gasteiger partial charge is 0.466 e. The Labute approximate surface area is 176 Å². The Balaban J connectivity index is 3.13. The van der Waals surface area contributed by atoms with Gasteiger partial charge in [0, 0.05) is 12.8 Å². The number of hydrogen-bond donors (Lipinski definition) is 0. The summed E-state index contributed by atoms with van der Waals surface area (Å²) >= 11 is 0. The molecule has 0 N–H and O–H groups in total. The molecule has 0 aromatic carbocycles. The highest BCUT2D eigenvalue weighted by molar-refractivity contribution is 5.69. The van der Waals surface area contributed by atoms with Gasteiger partial charge in [0.1, 0.15) is 0 Å². The minimum atomic E-state index is -0.00808. The fraction of sp³-hybridized carbons (Fsp3) is 0.885. The average molecular weight is 393 g/mol. The van der Waals surface area contributed by atoms with E-state index in [4.69, 9.17) is 11.2 Å². The zero-order valence-electron chi connectivity index (χ0n) is 19.0. The average Bonchev–Trinajstić information content (AvgIpc) is 2.70. The van der Waals surface area contributed by atoms with Crippen LogP contribution >= 0.6 is 0 Å². The molecule has 0 rings (SSSR count). The summed E-state index contributed by atoms with van der Waals surface area (Å²) in [5, 5.41) is 0. The minimum absolute atomic E-state index is 0.00808. The Bertz CT molecular complexity index is 356. The highest BCUT2D eigenvalue weighted by atomic mass is 16.5. The van der Waals surface area contributed by atoms with E-state index in [1.807, 2.05) is 0 Å². The Morgan fingerprint density at radius 2 is 1.07 bits per heavy atom. The van der Waals surface area contributed by atoms with Gasteiger partial charge >= 0.3 is 5.97 Å². The summed E-state index contributed by atoms with van der Waals surface area (Å²) in [6.45, 7) is 2.89. The fourth-order valence-corrected chi connectivity index (χ4v) is 3.58. The SMILES string of the molecule is C#CCCCCCCCCC(=O)OCCCCCCCCCCCCCCC. The Kier molecular flexibility index (Phi) is 23.2. The summed E-state index contributed by atoms with van der Waals surface area (Å²) in [5.41, 5.74) is 0. The molecule has 0 saturated heterocycles. The molecular weight excluding hydrogens is 344 g/mol. The zero-order chi connectivity index (χ0) is 20.5. The molecule has 0 aliphatic heterocycles. The van der Waals surface area contributed by atoms with Gasteiger partial charge in [-0.25, -0.2) is 0 Å². The molecule has 0 atom stereocenters. The van der Waals surface area contributed by atoms with Crippen LogP contribution in [0, 0.1) is 12.3 Å². The quantitative estimate of drug-likeness (QED) is 0.105. The molecule has 0 radical (unpaired) electrons. The van der Waals surface area contributed by atoms with Gasteiger partial charge in [0.15, 0.2) is 0 Å². The Morgan fingerprint density at radius 1 is 0.643 bits per heavy atom. The van der Waals surface area contributed by atoms with Gasteiger partial charge in [0.2, 0.25) is 0 Å². The summed E-state index contributed by atoms with van der Waals surface area (Å²) in [7, 11) is 0. The minimum Gasteiger partial charge on any atom is -0.466 e. The monoisotopic (exact) mass is 392 g/mol. The maximum Gasteiger partial charge on any atom is 0.305 e. The number of ether oxygens (including phenoxy) is 1. The second-order valence-electron chi connectivity index (χ2n) is 8.29. The van der Waals surface area contributed by atoms with Gasteiger partial charge in [-0.3, -0.25) is 4.79 Å². The summed E-state index contributed by atoms with van der Waals surface area (Å²) in [6.07, 6.45) is 31.1. The second-order valence-corrected chi connectivity index (χ2v) is 8.29. The van der Waals surface area contributed by atoms with Crippen LogP contribution < -0.4 is 0 Å². The molecule has 0 bridgehead atoms. The predicted octanol–water partition coefficient (Wildman–Crippen LogP) is 8.37. The molecule has 0 aliphatic carbocycles. The Morgan fingerprint density at radius 3 is 1.57 bits per heavy atom. The van der Waals surface area contributed by atoms with Crippen molar-refractivity contribution in [1.82, 2.24) is 0 Å². The van der Waals surface area contributed by atoms with E-state index in [0.717, 1.165) is 32.1 Å². The van der Waals surface area contributed by atoms with E-state index >= 15 is 0 Å². The molecule has 0 saturated carbocycles. The Hall–Kier alpha value is -0.970. The zero-order valence-corrected chi connectivity index (χ0v) is 19.0. The van der Waals surface area contributed by atoms with Crippen LogP contribution in [0.15, 0.2) is 0 Å². The van der Waals surface area contributed by atoms with E-state index in [9.17, 15) is 4.79 Å². The maximum absolute atomic E-state index is 11.7. The van der Waals surface area contributed by atoms with Crippen LogP contribution in [0.5, 0.6) is 0 Å². The van der Waals surface area contributed by atoms with Crippen LogP contribution in [0.3, 0.4) is 0 Å². The van der Waals surface area contributed by atoms with Crippen molar-refractivity contribution in [2.45, 2.75) is 142 Å². The molecule has 2 nitrogen and oxygen atoms in total. The molecule has 0 amide bonds. The molecule has 164 valence electrons. The molecule has 0 aromatic heterocycles. The van der Waals surface area contributed by atoms with Gasteiger partial charge < -0.3 is 4.74 Å². The van der Waals surface area contributed by atoms with Crippen molar-refractivity contribution in [2.24, 2.45) is 0 Å². The fourth-order valence-electron chi connectivity index (χ4n) is 3.58. The van der Waals surface area contributed by atoms with Crippen LogP contribution in [0.25, 0.3) is 0 Å². The topological polar surface area (TPSA) is 26.3 Å². The number of carbonyl (C=O) groups is 1. The van der Waals surface area contributed by atoms with Gasteiger partial charge in [-0.2, -0.15) is 0 Å². The van der Waals surface area contributed by atoms with Crippen molar-refractivity contribution >= 4 is 5.97 Å². The van der Waals surface area contributed by atoms with E-state index in [1.54, 1.807) is 0 Å². The van der Waals surface area contributed by atoms with E-state index in [0.29, 0.717) is 13.0 Å². The highest BCUT2D eigenvalue weighted by Crippen LogP contribution is 2.13. The number of carbonyl (C=O) groups excluding carboxylic acids is 1. The standard InChI is InChI=1S/C26H48O2/c1-3-5-7-9-11-13-14-15-16-17-19-21-23-25-28-26(27)24-22-20-18-12-10-8-6-4-2/h2H,3,5-25H2,1H3. The van der Waals surface area contributed by atoms with E-state index < -0.39 is 0 Å². The molecule has 0 heterocycles. The van der Waals surface area contributed by atoms with Crippen molar-refractivity contribution < 1.29 is 9.53 Å². The third-order valence-electron chi connectivity index (χ3n) is 5.46. The molecule has 0 fully saturated rings. The lowest BCUT2D eigenvalue weighted by atomic mass is 10.0. The van der Waals surface area contributed by atoms with Crippen molar-refractivity contribution in [2.75, 3.05) is 6.61 Å². The van der Waals surface area contributed by atoms with Crippen LogP contribution in [-0.2, 0) is 9.53 Å². The first-order valence-electron chi connectivity index (χ1n) is 12.4. The van der Waals surface area contributed by atoms with E-state index in [-0.39, 0.29) is 5.97 Å². The molecular formula is C26H48O2. The number of hydrogen-bond acceptors (Lipinski definition) is 2. The van der Waals surface area contributed by atoms with Crippen LogP contribution in [0.1, 0.15) is 142 Å². The van der Waals surface area contributed by atoms with E-state index in [1.165, 1.54) is 96.3 Å². The van der Waals surface area contributed by atoms with Crippen LogP contribution in [0.4, 0.5) is 0 Å². The number of terminal acetylenes is 1. The normalized spacial score (nSPS) is 10.7. The smallest absolute Gasteiger partial charge is 0.305 e. The summed E-state index contributed by atoms with van der Waals surface area (Å²) in [6, 6.07) is 0. The van der Waals surface area contributed by atoms with Gasteiger partial charge in [-0.1, -0.05) is 110 Å². The van der Waals surface area contributed by atoms with Gasteiger partial charge in [0.25, 0.3) is 0 Å². The van der Waals surface area contributed by atoms with Gasteiger partial charge in [-0.05, 0) is 19.3 Å².